The molecule has 1 aliphatic rings. The van der Waals surface area contributed by atoms with E-state index >= 15 is 0 Å². The zero-order chi connectivity index (χ0) is 19.5. The molecule has 7 nitrogen and oxygen atoms in total. The van der Waals surface area contributed by atoms with Gasteiger partial charge in [0.1, 0.15) is 17.3 Å². The number of para-hydroxylation sites is 1. The molecule has 0 unspecified atom stereocenters. The topological polar surface area (TPSA) is 62.8 Å². The van der Waals surface area contributed by atoms with Crippen LogP contribution in [0.25, 0.3) is 10.9 Å². The lowest BCUT2D eigenvalue weighted by atomic mass is 10.2. The van der Waals surface area contributed by atoms with Crippen LogP contribution in [0.3, 0.4) is 0 Å². The fourth-order valence-corrected chi connectivity index (χ4v) is 3.41. The molecule has 0 aliphatic carbocycles. The second-order valence-corrected chi connectivity index (χ2v) is 6.87. The number of ether oxygens (including phenoxy) is 2. The van der Waals surface area contributed by atoms with Crippen molar-refractivity contribution in [2.75, 3.05) is 57.7 Å². The summed E-state index contributed by atoms with van der Waals surface area (Å²) >= 11 is 0. The van der Waals surface area contributed by atoms with E-state index in [0.29, 0.717) is 11.7 Å². The maximum absolute atomic E-state index is 5.47. The van der Waals surface area contributed by atoms with Gasteiger partial charge in [0.2, 0.25) is 5.95 Å². The maximum Gasteiger partial charge on any atom is 0.229 e. The van der Waals surface area contributed by atoms with E-state index in [2.05, 4.69) is 28.2 Å². The van der Waals surface area contributed by atoms with Crippen LogP contribution in [0.15, 0.2) is 42.5 Å². The van der Waals surface area contributed by atoms with Gasteiger partial charge in [0.25, 0.3) is 0 Å². The number of nitrogens with zero attached hydrogens (tertiary/aromatic N) is 4. The smallest absolute Gasteiger partial charge is 0.229 e. The van der Waals surface area contributed by atoms with Gasteiger partial charge in [0.15, 0.2) is 0 Å². The third kappa shape index (κ3) is 3.66. The van der Waals surface area contributed by atoms with Crippen LogP contribution in [0, 0.1) is 0 Å². The summed E-state index contributed by atoms with van der Waals surface area (Å²) < 4.78 is 10.8. The molecule has 1 fully saturated rings. The molecule has 4 rings (SSSR count). The number of hydrogen-bond donors (Lipinski definition) is 1. The summed E-state index contributed by atoms with van der Waals surface area (Å²) in [6.07, 6.45) is 0. The molecule has 1 aliphatic heterocycles. The molecule has 0 radical (unpaired) electrons. The first-order chi connectivity index (χ1) is 13.7. The Hall–Kier alpha value is -3.06. The van der Waals surface area contributed by atoms with Crippen molar-refractivity contribution in [3.8, 4) is 11.5 Å². The van der Waals surface area contributed by atoms with Crippen molar-refractivity contribution < 1.29 is 9.47 Å². The summed E-state index contributed by atoms with van der Waals surface area (Å²) in [5.41, 5.74) is 1.68. The van der Waals surface area contributed by atoms with Crippen molar-refractivity contribution in [3.63, 3.8) is 0 Å². The van der Waals surface area contributed by atoms with E-state index in [-0.39, 0.29) is 0 Å². The van der Waals surface area contributed by atoms with Crippen LogP contribution in [0.2, 0.25) is 0 Å². The van der Waals surface area contributed by atoms with Gasteiger partial charge in [0, 0.05) is 37.6 Å². The average molecular weight is 379 g/mol. The molecule has 2 aromatic carbocycles. The van der Waals surface area contributed by atoms with Crippen molar-refractivity contribution >= 4 is 28.4 Å². The molecule has 1 N–H and O–H groups in total. The highest BCUT2D eigenvalue weighted by atomic mass is 16.5. The lowest BCUT2D eigenvalue weighted by molar-refractivity contribution is 0.312. The highest BCUT2D eigenvalue weighted by Gasteiger charge is 2.19. The number of likely N-dealkylation sites (N-methyl/N-ethyl adjacent to an activating group) is 1. The Bertz CT molecular complexity index is 970. The van der Waals surface area contributed by atoms with Gasteiger partial charge in [-0.3, -0.25) is 0 Å². The maximum atomic E-state index is 5.47. The Morgan fingerprint density at radius 1 is 0.929 bits per heavy atom. The van der Waals surface area contributed by atoms with E-state index in [9.17, 15) is 0 Å². The van der Waals surface area contributed by atoms with Crippen LogP contribution in [0.4, 0.5) is 17.5 Å². The number of anilines is 3. The van der Waals surface area contributed by atoms with E-state index in [1.54, 1.807) is 14.2 Å². The van der Waals surface area contributed by atoms with Crippen LogP contribution in [0.1, 0.15) is 0 Å². The summed E-state index contributed by atoms with van der Waals surface area (Å²) in [5.74, 6) is 2.95. The number of fused-ring (bicyclic) bond motifs is 1. The highest BCUT2D eigenvalue weighted by Crippen LogP contribution is 2.32. The number of nitrogens with one attached hydrogen (secondary N) is 1. The minimum atomic E-state index is 0.541. The van der Waals surface area contributed by atoms with E-state index in [1.165, 1.54) is 0 Å². The summed E-state index contributed by atoms with van der Waals surface area (Å²) in [5, 5.41) is 4.38. The van der Waals surface area contributed by atoms with Crippen molar-refractivity contribution in [3.05, 3.63) is 42.5 Å². The van der Waals surface area contributed by atoms with E-state index in [1.807, 2.05) is 36.4 Å². The average Bonchev–Trinajstić information content (AvgIpc) is 2.73. The molecule has 28 heavy (non-hydrogen) atoms. The van der Waals surface area contributed by atoms with Crippen LogP contribution < -0.4 is 19.7 Å². The van der Waals surface area contributed by atoms with Gasteiger partial charge in [-0.25, -0.2) is 4.98 Å². The molecule has 3 aromatic rings. The highest BCUT2D eigenvalue weighted by molar-refractivity contribution is 5.91. The molecular weight excluding hydrogens is 354 g/mol. The number of rotatable bonds is 5. The Kier molecular flexibility index (Phi) is 5.16. The first kappa shape index (κ1) is 18.3. The molecule has 0 bridgehead atoms. The quantitative estimate of drug-likeness (QED) is 0.731. The molecule has 146 valence electrons. The molecule has 2 heterocycles. The van der Waals surface area contributed by atoms with Crippen LogP contribution in [-0.4, -0.2) is 62.3 Å². The van der Waals surface area contributed by atoms with E-state index < -0.39 is 0 Å². The second kappa shape index (κ2) is 7.90. The molecule has 1 saturated heterocycles. The fraction of sp³-hybridized carbons (Fsp3) is 0.333. The van der Waals surface area contributed by atoms with Gasteiger partial charge >= 0.3 is 0 Å². The first-order valence-corrected chi connectivity index (χ1v) is 9.37. The van der Waals surface area contributed by atoms with Crippen LogP contribution in [-0.2, 0) is 0 Å². The predicted molar refractivity (Wildman–Crippen MR) is 112 cm³/mol. The lowest BCUT2D eigenvalue weighted by Crippen LogP contribution is -2.45. The van der Waals surface area contributed by atoms with Crippen LogP contribution >= 0.6 is 0 Å². The number of benzene rings is 2. The monoisotopic (exact) mass is 379 g/mol. The van der Waals surface area contributed by atoms with Crippen molar-refractivity contribution in [2.24, 2.45) is 0 Å². The van der Waals surface area contributed by atoms with Gasteiger partial charge in [-0.05, 0) is 31.3 Å². The number of methoxy groups -OCH3 is 2. The number of aromatic nitrogens is 2. The van der Waals surface area contributed by atoms with Gasteiger partial charge in [-0.1, -0.05) is 12.1 Å². The van der Waals surface area contributed by atoms with E-state index in [0.717, 1.165) is 54.3 Å². The standard InChI is InChI=1S/C21H25N5O2/c1-25-10-12-26(13-11-25)20-16-6-4-5-7-17(16)22-21(24-20)23-18-14-15(27-2)8-9-19(18)28-3/h4-9,14H,10-13H2,1-3H3,(H,22,23,24). The lowest BCUT2D eigenvalue weighted by Gasteiger charge is -2.33. The van der Waals surface area contributed by atoms with Crippen molar-refractivity contribution in [1.29, 1.82) is 0 Å². The zero-order valence-corrected chi connectivity index (χ0v) is 16.5. The SMILES string of the molecule is COc1ccc(OC)c(Nc2nc(N3CCN(C)CC3)c3ccccc3n2)c1. The van der Waals surface area contributed by atoms with Crippen molar-refractivity contribution in [2.45, 2.75) is 0 Å². The Morgan fingerprint density at radius 3 is 2.46 bits per heavy atom. The summed E-state index contributed by atoms with van der Waals surface area (Å²) in [4.78, 5) is 14.2. The Balaban J connectivity index is 1.74. The second-order valence-electron chi connectivity index (χ2n) is 6.87. The van der Waals surface area contributed by atoms with Gasteiger partial charge in [-0.15, -0.1) is 0 Å². The van der Waals surface area contributed by atoms with Gasteiger partial charge in [0.05, 0.1) is 25.4 Å². The molecule has 0 amide bonds. The minimum absolute atomic E-state index is 0.541. The van der Waals surface area contributed by atoms with E-state index in [4.69, 9.17) is 19.4 Å². The molecule has 7 heteroatoms. The molecule has 0 spiro atoms. The molecule has 0 atom stereocenters. The van der Waals surface area contributed by atoms with Gasteiger partial charge in [-0.2, -0.15) is 4.98 Å². The fourth-order valence-electron chi connectivity index (χ4n) is 3.41. The third-order valence-electron chi connectivity index (χ3n) is 5.04. The Labute approximate surface area is 164 Å². The number of hydrogen-bond acceptors (Lipinski definition) is 7. The largest absolute Gasteiger partial charge is 0.497 e. The molecule has 0 saturated carbocycles. The summed E-state index contributed by atoms with van der Waals surface area (Å²) in [6, 6.07) is 13.7. The normalized spacial score (nSPS) is 14.9. The number of piperazine rings is 1. The summed E-state index contributed by atoms with van der Waals surface area (Å²) in [6.45, 7) is 3.93. The Morgan fingerprint density at radius 2 is 1.71 bits per heavy atom. The predicted octanol–water partition coefficient (Wildman–Crippen LogP) is 3.14. The third-order valence-corrected chi connectivity index (χ3v) is 5.04. The molecule has 1 aromatic heterocycles. The van der Waals surface area contributed by atoms with Crippen LogP contribution in [0.5, 0.6) is 11.5 Å². The minimum Gasteiger partial charge on any atom is -0.497 e. The zero-order valence-electron chi connectivity index (χ0n) is 16.5. The first-order valence-electron chi connectivity index (χ1n) is 9.37. The van der Waals surface area contributed by atoms with Gasteiger partial charge < -0.3 is 24.6 Å². The summed E-state index contributed by atoms with van der Waals surface area (Å²) in [7, 11) is 5.44. The molecular formula is C21H25N5O2. The van der Waals surface area contributed by atoms with Crippen molar-refractivity contribution in [1.82, 2.24) is 14.9 Å².